The Bertz CT molecular complexity index is 368. The van der Waals surface area contributed by atoms with Gasteiger partial charge in [-0.15, -0.1) is 0 Å². The highest BCUT2D eigenvalue weighted by Crippen LogP contribution is 2.33. The lowest BCUT2D eigenvalue weighted by atomic mass is 10.3. The summed E-state index contributed by atoms with van der Waals surface area (Å²) in [6.45, 7) is 1.98. The van der Waals surface area contributed by atoms with Crippen molar-refractivity contribution in [3.05, 3.63) is 28.0 Å². The van der Waals surface area contributed by atoms with Crippen LogP contribution in [0.3, 0.4) is 0 Å². The van der Waals surface area contributed by atoms with Crippen LogP contribution in [-0.4, -0.2) is 5.84 Å². The molecule has 1 aromatic rings. The quantitative estimate of drug-likeness (QED) is 0.639. The Balaban J connectivity index is 3.09. The zero-order valence-corrected chi connectivity index (χ0v) is 9.74. The number of amidine groups is 1. The van der Waals surface area contributed by atoms with Crippen molar-refractivity contribution in [2.24, 2.45) is 10.7 Å². The van der Waals surface area contributed by atoms with E-state index in [2.05, 4.69) is 4.99 Å². The van der Waals surface area contributed by atoms with Gasteiger partial charge in [0.25, 0.3) is 0 Å². The van der Waals surface area contributed by atoms with E-state index in [1.807, 2.05) is 6.92 Å². The van der Waals surface area contributed by atoms with Gasteiger partial charge in [0.2, 0.25) is 0 Å². The van der Waals surface area contributed by atoms with E-state index in [1.54, 1.807) is 0 Å². The van der Waals surface area contributed by atoms with Gasteiger partial charge >= 0.3 is 0 Å². The average molecular weight is 249 g/mol. The lowest BCUT2D eigenvalue weighted by molar-refractivity contribution is 0.628. The first kappa shape index (κ1) is 12.3. The van der Waals surface area contributed by atoms with Crippen LogP contribution in [0, 0.1) is 5.82 Å². The van der Waals surface area contributed by atoms with Crippen molar-refractivity contribution in [3.63, 3.8) is 0 Å². The van der Waals surface area contributed by atoms with E-state index in [0.717, 1.165) is 18.6 Å². The summed E-state index contributed by atoms with van der Waals surface area (Å²) in [5, 5.41) is 0.332. The van der Waals surface area contributed by atoms with E-state index >= 15 is 0 Å². The van der Waals surface area contributed by atoms with Gasteiger partial charge < -0.3 is 5.73 Å². The molecule has 2 nitrogen and oxygen atoms in total. The first-order valence-electron chi connectivity index (χ1n) is 4.52. The van der Waals surface area contributed by atoms with Gasteiger partial charge in [-0.05, 0) is 18.6 Å². The second-order valence-corrected chi connectivity index (χ2v) is 3.89. The van der Waals surface area contributed by atoms with Crippen molar-refractivity contribution in [1.29, 1.82) is 0 Å². The van der Waals surface area contributed by atoms with Crippen molar-refractivity contribution in [1.82, 2.24) is 0 Å². The molecule has 0 unspecified atom stereocenters. The highest BCUT2D eigenvalue weighted by molar-refractivity contribution is 6.38. The number of nitrogens with two attached hydrogens (primary N) is 1. The minimum absolute atomic E-state index is 0.166. The van der Waals surface area contributed by atoms with Gasteiger partial charge in [0.1, 0.15) is 11.5 Å². The van der Waals surface area contributed by atoms with Gasteiger partial charge in [0.15, 0.2) is 0 Å². The molecule has 0 saturated carbocycles. The molecule has 2 N–H and O–H groups in total. The molecule has 0 aromatic heterocycles. The molecule has 0 atom stereocenters. The summed E-state index contributed by atoms with van der Waals surface area (Å²) in [7, 11) is 0. The van der Waals surface area contributed by atoms with Crippen LogP contribution in [0.1, 0.15) is 19.8 Å². The summed E-state index contributed by atoms with van der Waals surface area (Å²) < 4.78 is 12.8. The number of hydrogen-bond acceptors (Lipinski definition) is 1. The molecule has 0 spiro atoms. The van der Waals surface area contributed by atoms with Crippen molar-refractivity contribution in [2.45, 2.75) is 19.8 Å². The van der Waals surface area contributed by atoms with Gasteiger partial charge in [0.05, 0.1) is 15.9 Å². The first-order valence-corrected chi connectivity index (χ1v) is 5.27. The highest BCUT2D eigenvalue weighted by Gasteiger charge is 2.07. The molecule has 0 heterocycles. The zero-order chi connectivity index (χ0) is 11.4. The Morgan fingerprint density at radius 2 is 1.93 bits per heavy atom. The molecule has 1 aromatic carbocycles. The fourth-order valence-electron chi connectivity index (χ4n) is 1.10. The zero-order valence-electron chi connectivity index (χ0n) is 8.23. The van der Waals surface area contributed by atoms with Crippen LogP contribution < -0.4 is 5.73 Å². The van der Waals surface area contributed by atoms with Crippen LogP contribution >= 0.6 is 23.2 Å². The van der Waals surface area contributed by atoms with Crippen molar-refractivity contribution in [2.75, 3.05) is 0 Å². The van der Waals surface area contributed by atoms with Gasteiger partial charge in [-0.25, -0.2) is 9.38 Å². The lowest BCUT2D eigenvalue weighted by Gasteiger charge is -2.03. The summed E-state index contributed by atoms with van der Waals surface area (Å²) in [4.78, 5) is 4.05. The Morgan fingerprint density at radius 3 is 2.40 bits per heavy atom. The van der Waals surface area contributed by atoms with Gasteiger partial charge in [-0.3, -0.25) is 0 Å². The Hall–Kier alpha value is -0.800. The summed E-state index contributed by atoms with van der Waals surface area (Å²) in [6.07, 6.45) is 1.54. The molecule has 15 heavy (non-hydrogen) atoms. The normalized spacial score (nSPS) is 11.9. The number of halogens is 3. The number of benzene rings is 1. The number of rotatable bonds is 3. The summed E-state index contributed by atoms with van der Waals surface area (Å²) >= 11 is 11.6. The van der Waals surface area contributed by atoms with E-state index in [0.29, 0.717) is 17.9 Å². The standard InChI is InChI=1S/C10H11Cl2FN2/c1-2-3-9(14)15-10-7(11)4-6(13)5-8(10)12/h4-5H,2-3H2,1H3,(H2,14,15). The van der Waals surface area contributed by atoms with Crippen LogP contribution in [0.2, 0.25) is 10.0 Å². The fourth-order valence-corrected chi connectivity index (χ4v) is 1.64. The molecule has 5 heteroatoms. The lowest BCUT2D eigenvalue weighted by Crippen LogP contribution is -2.10. The van der Waals surface area contributed by atoms with E-state index in [-0.39, 0.29) is 10.0 Å². The van der Waals surface area contributed by atoms with E-state index < -0.39 is 5.82 Å². The smallest absolute Gasteiger partial charge is 0.126 e. The van der Waals surface area contributed by atoms with Gasteiger partial charge in [-0.2, -0.15) is 0 Å². The van der Waals surface area contributed by atoms with Gasteiger partial charge in [-0.1, -0.05) is 30.1 Å². The monoisotopic (exact) mass is 248 g/mol. The molecule has 82 valence electrons. The van der Waals surface area contributed by atoms with Crippen molar-refractivity contribution >= 4 is 34.7 Å². The second-order valence-electron chi connectivity index (χ2n) is 3.07. The molecule has 0 aliphatic carbocycles. The molecule has 0 bridgehead atoms. The molecule has 1 rings (SSSR count). The number of aliphatic imine (C=N–C) groups is 1. The molecule has 0 fully saturated rings. The predicted molar refractivity (Wildman–Crippen MR) is 62.6 cm³/mol. The minimum Gasteiger partial charge on any atom is -0.387 e. The minimum atomic E-state index is -0.488. The first-order chi connectivity index (χ1) is 7.04. The highest BCUT2D eigenvalue weighted by atomic mass is 35.5. The molecule has 0 aliphatic heterocycles. The van der Waals surface area contributed by atoms with Crippen LogP contribution in [0.25, 0.3) is 0 Å². The van der Waals surface area contributed by atoms with E-state index in [4.69, 9.17) is 28.9 Å². The second kappa shape index (κ2) is 5.33. The van der Waals surface area contributed by atoms with Crippen molar-refractivity contribution in [3.8, 4) is 0 Å². The molecular weight excluding hydrogens is 238 g/mol. The SMILES string of the molecule is CCCC(N)=Nc1c(Cl)cc(F)cc1Cl. The van der Waals surface area contributed by atoms with E-state index in [9.17, 15) is 4.39 Å². The third-order valence-electron chi connectivity index (χ3n) is 1.74. The van der Waals surface area contributed by atoms with Crippen molar-refractivity contribution < 1.29 is 4.39 Å². The van der Waals surface area contributed by atoms with Crippen LogP contribution in [0.5, 0.6) is 0 Å². The maximum Gasteiger partial charge on any atom is 0.126 e. The van der Waals surface area contributed by atoms with Crippen LogP contribution in [0.15, 0.2) is 17.1 Å². The topological polar surface area (TPSA) is 38.4 Å². The third-order valence-corrected chi connectivity index (χ3v) is 2.32. The maximum atomic E-state index is 12.8. The largest absolute Gasteiger partial charge is 0.387 e. The molecule has 0 aliphatic rings. The predicted octanol–water partition coefficient (Wildman–Crippen LogP) is 3.92. The summed E-state index contributed by atoms with van der Waals surface area (Å²) in [5.74, 6) is -0.0501. The maximum absolute atomic E-state index is 12.8. The Labute approximate surface area is 97.9 Å². The summed E-state index contributed by atoms with van der Waals surface area (Å²) in [5.41, 5.74) is 5.96. The number of nitrogens with zero attached hydrogens (tertiary/aromatic N) is 1. The van der Waals surface area contributed by atoms with E-state index in [1.165, 1.54) is 0 Å². The van der Waals surface area contributed by atoms with Crippen LogP contribution in [0.4, 0.5) is 10.1 Å². The summed E-state index contributed by atoms with van der Waals surface area (Å²) in [6, 6.07) is 2.32. The average Bonchev–Trinajstić information content (AvgIpc) is 2.11. The fraction of sp³-hybridized carbons (Fsp3) is 0.300. The number of hydrogen-bond donors (Lipinski definition) is 1. The van der Waals surface area contributed by atoms with Gasteiger partial charge in [0, 0.05) is 6.42 Å². The van der Waals surface area contributed by atoms with Crippen LogP contribution in [-0.2, 0) is 0 Å². The Kier molecular flexibility index (Phi) is 4.36. The Morgan fingerprint density at radius 1 is 1.40 bits per heavy atom. The third kappa shape index (κ3) is 3.36. The molecule has 0 amide bonds. The molecular formula is C10H11Cl2FN2. The molecule has 0 radical (unpaired) electrons. The molecule has 0 saturated heterocycles.